The van der Waals surface area contributed by atoms with Crippen molar-refractivity contribution in [1.82, 2.24) is 0 Å². The van der Waals surface area contributed by atoms with Crippen molar-refractivity contribution >= 4 is 28.9 Å². The minimum Gasteiger partial charge on any atom is -0.497 e. The number of nitrogens with zero attached hydrogens (tertiary/aromatic N) is 1. The minimum atomic E-state index is -0.657. The van der Waals surface area contributed by atoms with Gasteiger partial charge in [-0.05, 0) is 31.2 Å². The molecule has 7 nitrogen and oxygen atoms in total. The van der Waals surface area contributed by atoms with Crippen LogP contribution in [0.2, 0.25) is 5.02 Å². The predicted octanol–water partition coefficient (Wildman–Crippen LogP) is 3.91. The molecule has 0 atom stereocenters. The van der Waals surface area contributed by atoms with E-state index in [2.05, 4.69) is 5.32 Å². The quantitative estimate of drug-likeness (QED) is 0.630. The molecule has 0 bridgehead atoms. The van der Waals surface area contributed by atoms with Gasteiger partial charge in [0.05, 0.1) is 24.3 Å². The second-order valence-electron chi connectivity index (χ2n) is 4.67. The smallest absolute Gasteiger partial charge is 0.283 e. The first-order valence-electron chi connectivity index (χ1n) is 7.02. The van der Waals surface area contributed by atoms with Gasteiger partial charge in [0.25, 0.3) is 11.6 Å². The van der Waals surface area contributed by atoms with Gasteiger partial charge < -0.3 is 14.8 Å². The first kappa shape index (κ1) is 17.6. The fourth-order valence-electron chi connectivity index (χ4n) is 2.05. The molecule has 0 fully saturated rings. The Hall–Kier alpha value is -2.80. The molecule has 0 aliphatic heterocycles. The average Bonchev–Trinajstić information content (AvgIpc) is 2.56. The number of amides is 1. The van der Waals surface area contributed by atoms with Gasteiger partial charge in [0.2, 0.25) is 0 Å². The van der Waals surface area contributed by atoms with Crippen molar-refractivity contribution in [3.63, 3.8) is 0 Å². The molecule has 0 saturated heterocycles. The maximum Gasteiger partial charge on any atom is 0.283 e. The fraction of sp³-hybridized carbons (Fsp3) is 0.188. The van der Waals surface area contributed by atoms with E-state index in [1.165, 1.54) is 19.2 Å². The number of rotatable bonds is 6. The summed E-state index contributed by atoms with van der Waals surface area (Å²) in [7, 11) is 1.49. The van der Waals surface area contributed by atoms with Gasteiger partial charge in [0.1, 0.15) is 17.1 Å². The van der Waals surface area contributed by atoms with Gasteiger partial charge in [0, 0.05) is 17.2 Å². The molecule has 2 aromatic rings. The van der Waals surface area contributed by atoms with Crippen LogP contribution in [-0.2, 0) is 0 Å². The van der Waals surface area contributed by atoms with Gasteiger partial charge in [-0.2, -0.15) is 0 Å². The van der Waals surface area contributed by atoms with Crippen molar-refractivity contribution in [2.75, 3.05) is 19.0 Å². The first-order chi connectivity index (χ1) is 11.5. The summed E-state index contributed by atoms with van der Waals surface area (Å²) in [6.45, 7) is 2.20. The maximum atomic E-state index is 12.5. The van der Waals surface area contributed by atoms with Crippen molar-refractivity contribution in [3.05, 3.63) is 57.1 Å². The number of hydrogen-bond acceptors (Lipinski definition) is 5. The van der Waals surface area contributed by atoms with Crippen molar-refractivity contribution in [1.29, 1.82) is 0 Å². The summed E-state index contributed by atoms with van der Waals surface area (Å²) in [5.74, 6) is 0.301. The van der Waals surface area contributed by atoms with E-state index in [0.717, 1.165) is 6.07 Å². The third-order valence-corrected chi connectivity index (χ3v) is 3.37. The van der Waals surface area contributed by atoms with Crippen molar-refractivity contribution < 1.29 is 19.2 Å². The number of methoxy groups -OCH3 is 1. The molecule has 0 heterocycles. The second kappa shape index (κ2) is 7.65. The number of benzene rings is 2. The van der Waals surface area contributed by atoms with Crippen LogP contribution in [0.5, 0.6) is 11.5 Å². The topological polar surface area (TPSA) is 90.7 Å². The lowest BCUT2D eigenvalue weighted by Gasteiger charge is -2.13. The monoisotopic (exact) mass is 350 g/mol. The molecule has 1 amide bonds. The average molecular weight is 351 g/mol. The molecule has 126 valence electrons. The molecular weight excluding hydrogens is 336 g/mol. The molecular formula is C16H15ClN2O5. The van der Waals surface area contributed by atoms with E-state index in [9.17, 15) is 14.9 Å². The number of nitro groups is 1. The standard InChI is InChI=1S/C16H15ClN2O5/c1-3-24-15-7-5-11(23-2)9-13(15)18-16(20)12-6-4-10(17)8-14(12)19(21)22/h4-9H,3H2,1-2H3,(H,18,20). The summed E-state index contributed by atoms with van der Waals surface area (Å²) in [5.41, 5.74) is -0.124. The van der Waals surface area contributed by atoms with E-state index < -0.39 is 10.8 Å². The number of carbonyl (C=O) groups is 1. The Morgan fingerprint density at radius 3 is 2.67 bits per heavy atom. The predicted molar refractivity (Wildman–Crippen MR) is 90.2 cm³/mol. The van der Waals surface area contributed by atoms with E-state index in [-0.39, 0.29) is 16.3 Å². The van der Waals surface area contributed by atoms with Gasteiger partial charge >= 0.3 is 0 Å². The van der Waals surface area contributed by atoms with E-state index >= 15 is 0 Å². The summed E-state index contributed by atoms with van der Waals surface area (Å²) in [6, 6.07) is 8.75. The molecule has 0 aliphatic carbocycles. The van der Waals surface area contributed by atoms with Crippen LogP contribution in [0.1, 0.15) is 17.3 Å². The van der Waals surface area contributed by atoms with E-state index in [0.29, 0.717) is 23.8 Å². The van der Waals surface area contributed by atoms with Crippen molar-refractivity contribution in [2.24, 2.45) is 0 Å². The van der Waals surface area contributed by atoms with Crippen LogP contribution >= 0.6 is 11.6 Å². The highest BCUT2D eigenvalue weighted by Gasteiger charge is 2.21. The molecule has 0 radical (unpaired) electrons. The van der Waals surface area contributed by atoms with Crippen LogP contribution in [-0.4, -0.2) is 24.5 Å². The lowest BCUT2D eigenvalue weighted by Crippen LogP contribution is -2.15. The van der Waals surface area contributed by atoms with Crippen LogP contribution in [0, 0.1) is 10.1 Å². The van der Waals surface area contributed by atoms with Gasteiger partial charge in [-0.25, -0.2) is 0 Å². The zero-order valence-electron chi connectivity index (χ0n) is 13.0. The number of nitrogens with one attached hydrogen (secondary N) is 1. The zero-order valence-corrected chi connectivity index (χ0v) is 13.8. The highest BCUT2D eigenvalue weighted by molar-refractivity contribution is 6.31. The Bertz CT molecular complexity index is 779. The second-order valence-corrected chi connectivity index (χ2v) is 5.10. The normalized spacial score (nSPS) is 10.1. The van der Waals surface area contributed by atoms with Gasteiger partial charge in [-0.15, -0.1) is 0 Å². The molecule has 0 saturated carbocycles. The number of nitro benzene ring substituents is 1. The Morgan fingerprint density at radius 2 is 2.04 bits per heavy atom. The van der Waals surface area contributed by atoms with E-state index in [1.54, 1.807) is 25.1 Å². The molecule has 8 heteroatoms. The van der Waals surface area contributed by atoms with Crippen molar-refractivity contribution in [3.8, 4) is 11.5 Å². The van der Waals surface area contributed by atoms with Gasteiger partial charge in [-0.1, -0.05) is 11.6 Å². The molecule has 24 heavy (non-hydrogen) atoms. The van der Waals surface area contributed by atoms with Gasteiger partial charge in [-0.3, -0.25) is 14.9 Å². The summed E-state index contributed by atoms with van der Waals surface area (Å²) < 4.78 is 10.6. The Kier molecular flexibility index (Phi) is 5.59. The third-order valence-electron chi connectivity index (χ3n) is 3.14. The largest absolute Gasteiger partial charge is 0.497 e. The first-order valence-corrected chi connectivity index (χ1v) is 7.40. The molecule has 1 N–H and O–H groups in total. The van der Waals surface area contributed by atoms with Crippen molar-refractivity contribution in [2.45, 2.75) is 6.92 Å². The maximum absolute atomic E-state index is 12.5. The lowest BCUT2D eigenvalue weighted by atomic mass is 10.1. The summed E-state index contributed by atoms with van der Waals surface area (Å²) in [4.78, 5) is 22.9. The molecule has 0 aliphatic rings. The Labute approximate surface area is 143 Å². The van der Waals surface area contributed by atoms with E-state index in [4.69, 9.17) is 21.1 Å². The Morgan fingerprint density at radius 1 is 1.29 bits per heavy atom. The number of carbonyl (C=O) groups excluding carboxylic acids is 1. The summed E-state index contributed by atoms with van der Waals surface area (Å²) >= 11 is 5.76. The van der Waals surface area contributed by atoms with E-state index in [1.807, 2.05) is 0 Å². The molecule has 0 aromatic heterocycles. The fourth-order valence-corrected chi connectivity index (χ4v) is 2.22. The summed E-state index contributed by atoms with van der Waals surface area (Å²) in [5, 5.41) is 13.9. The highest BCUT2D eigenvalue weighted by Crippen LogP contribution is 2.31. The van der Waals surface area contributed by atoms with Crippen LogP contribution in [0.3, 0.4) is 0 Å². The number of halogens is 1. The van der Waals surface area contributed by atoms with Crippen LogP contribution in [0.4, 0.5) is 11.4 Å². The van der Waals surface area contributed by atoms with Crippen LogP contribution in [0.15, 0.2) is 36.4 Å². The number of ether oxygens (including phenoxy) is 2. The Balaban J connectivity index is 2.38. The summed E-state index contributed by atoms with van der Waals surface area (Å²) in [6.07, 6.45) is 0. The van der Waals surface area contributed by atoms with Gasteiger partial charge in [0.15, 0.2) is 0 Å². The lowest BCUT2D eigenvalue weighted by molar-refractivity contribution is -0.385. The highest BCUT2D eigenvalue weighted by atomic mass is 35.5. The minimum absolute atomic E-state index is 0.102. The number of hydrogen-bond donors (Lipinski definition) is 1. The number of anilines is 1. The molecule has 2 aromatic carbocycles. The van der Waals surface area contributed by atoms with Crippen LogP contribution < -0.4 is 14.8 Å². The molecule has 0 unspecified atom stereocenters. The zero-order chi connectivity index (χ0) is 17.7. The van der Waals surface area contributed by atoms with Crippen LogP contribution in [0.25, 0.3) is 0 Å². The molecule has 2 rings (SSSR count). The molecule has 0 spiro atoms. The SMILES string of the molecule is CCOc1ccc(OC)cc1NC(=O)c1ccc(Cl)cc1[N+](=O)[O-]. The third kappa shape index (κ3) is 3.94.